The fourth-order valence-electron chi connectivity index (χ4n) is 5.22. The van der Waals surface area contributed by atoms with Gasteiger partial charge in [-0.15, -0.1) is 0 Å². The normalized spacial score (nSPS) is 13.9. The van der Waals surface area contributed by atoms with Gasteiger partial charge in [-0.05, 0) is 49.9 Å². The Balaban J connectivity index is 1.16. The zero-order chi connectivity index (χ0) is 31.1. The molecular formula is C34H43ClN4O5. The van der Waals surface area contributed by atoms with E-state index in [-0.39, 0.29) is 31.1 Å². The summed E-state index contributed by atoms with van der Waals surface area (Å²) in [5.41, 5.74) is 4.20. The van der Waals surface area contributed by atoms with Crippen LogP contribution >= 0.6 is 11.6 Å². The molecule has 0 bridgehead atoms. The number of carbonyl (C=O) groups excluding carboxylic acids is 2. The lowest BCUT2D eigenvalue weighted by Gasteiger charge is -2.31. The Morgan fingerprint density at radius 1 is 0.955 bits per heavy atom. The van der Waals surface area contributed by atoms with Gasteiger partial charge in [0.15, 0.2) is 0 Å². The number of rotatable bonds is 16. The lowest BCUT2D eigenvalue weighted by Crippen LogP contribution is -2.39. The number of halogens is 1. The van der Waals surface area contributed by atoms with Gasteiger partial charge in [0.1, 0.15) is 12.4 Å². The van der Waals surface area contributed by atoms with Gasteiger partial charge in [-0.25, -0.2) is 0 Å². The van der Waals surface area contributed by atoms with Crippen molar-refractivity contribution in [3.05, 3.63) is 77.3 Å². The quantitative estimate of drug-likeness (QED) is 0.160. The monoisotopic (exact) mass is 622 g/mol. The number of nitrogens with zero attached hydrogens (tertiary/aromatic N) is 1. The van der Waals surface area contributed by atoms with Gasteiger partial charge < -0.3 is 35.4 Å². The van der Waals surface area contributed by atoms with Crippen molar-refractivity contribution in [2.24, 2.45) is 0 Å². The van der Waals surface area contributed by atoms with Gasteiger partial charge in [0, 0.05) is 62.1 Å². The van der Waals surface area contributed by atoms with Crippen molar-refractivity contribution in [3.63, 3.8) is 0 Å². The zero-order valence-electron chi connectivity index (χ0n) is 25.3. The van der Waals surface area contributed by atoms with Crippen LogP contribution < -0.4 is 20.7 Å². The molecule has 1 aliphatic heterocycles. The van der Waals surface area contributed by atoms with Crippen molar-refractivity contribution in [3.8, 4) is 16.9 Å². The first kappa shape index (κ1) is 33.4. The van der Waals surface area contributed by atoms with Crippen LogP contribution in [-0.4, -0.2) is 74.4 Å². The van der Waals surface area contributed by atoms with Crippen LogP contribution in [0.25, 0.3) is 11.1 Å². The molecule has 1 fully saturated rings. The first-order chi connectivity index (χ1) is 21.5. The second-order valence-electron chi connectivity index (χ2n) is 10.9. The third-order valence-corrected chi connectivity index (χ3v) is 7.96. The van der Waals surface area contributed by atoms with Crippen molar-refractivity contribution in [2.75, 3.05) is 57.1 Å². The van der Waals surface area contributed by atoms with Gasteiger partial charge in [-0.2, -0.15) is 0 Å². The first-order valence-electron chi connectivity index (χ1n) is 15.2. The Kier molecular flexibility index (Phi) is 13.5. The van der Waals surface area contributed by atoms with Crippen LogP contribution in [0.15, 0.2) is 66.7 Å². The fourth-order valence-corrected chi connectivity index (χ4v) is 5.45. The fraction of sp³-hybridized carbons (Fsp3) is 0.412. The molecule has 2 amide bonds. The maximum Gasteiger partial charge on any atom is 0.250 e. The molecule has 44 heavy (non-hydrogen) atoms. The van der Waals surface area contributed by atoms with Crippen molar-refractivity contribution in [1.29, 1.82) is 0 Å². The smallest absolute Gasteiger partial charge is 0.250 e. The van der Waals surface area contributed by atoms with E-state index in [9.17, 15) is 9.59 Å². The SMILES string of the molecule is COc1cc(NC(=O)CCN2CCC(OCC(=O)Nc3ccccc3-c3ccccc3)CC2)c(Cl)cc1CNCCCCO. The summed E-state index contributed by atoms with van der Waals surface area (Å²) in [6, 6.07) is 21.3. The minimum atomic E-state index is -0.176. The van der Waals surface area contributed by atoms with E-state index in [0.717, 1.165) is 67.7 Å². The standard InChI is InChI=1S/C34H43ClN4O5/c1-43-32-22-31(29(35)21-26(32)23-36-16-7-8-20-40)38-33(41)15-19-39-17-13-27(14-18-39)44-24-34(42)37-30-12-6-5-11-28(30)25-9-3-2-4-10-25/h2-6,9-12,21-22,27,36,40H,7-8,13-20,23-24H2,1H3,(H,37,42)(H,38,41). The second kappa shape index (κ2) is 17.7. The molecule has 0 aliphatic carbocycles. The van der Waals surface area contributed by atoms with E-state index in [4.69, 9.17) is 26.2 Å². The predicted octanol–water partition coefficient (Wildman–Crippen LogP) is 5.33. The Morgan fingerprint density at radius 3 is 2.43 bits per heavy atom. The molecule has 0 radical (unpaired) electrons. The third-order valence-electron chi connectivity index (χ3n) is 7.65. The summed E-state index contributed by atoms with van der Waals surface area (Å²) in [5, 5.41) is 18.6. The Labute approximate surface area is 264 Å². The number of para-hydroxylation sites is 1. The first-order valence-corrected chi connectivity index (χ1v) is 15.6. The van der Waals surface area contributed by atoms with Crippen LogP contribution in [0, 0.1) is 0 Å². The molecule has 4 N–H and O–H groups in total. The molecule has 4 rings (SSSR count). The minimum Gasteiger partial charge on any atom is -0.496 e. The summed E-state index contributed by atoms with van der Waals surface area (Å²) in [7, 11) is 1.59. The number of benzene rings is 3. The van der Waals surface area contributed by atoms with Crippen LogP contribution in [0.1, 0.15) is 37.7 Å². The number of hydrogen-bond acceptors (Lipinski definition) is 7. The van der Waals surface area contributed by atoms with Crippen LogP contribution in [0.5, 0.6) is 5.75 Å². The number of aliphatic hydroxyl groups is 1. The largest absolute Gasteiger partial charge is 0.496 e. The summed E-state index contributed by atoms with van der Waals surface area (Å²) in [5.74, 6) is 0.357. The number of piperidine rings is 1. The lowest BCUT2D eigenvalue weighted by molar-refractivity contribution is -0.124. The highest BCUT2D eigenvalue weighted by molar-refractivity contribution is 6.33. The van der Waals surface area contributed by atoms with E-state index in [1.165, 1.54) is 0 Å². The average molecular weight is 623 g/mol. The summed E-state index contributed by atoms with van der Waals surface area (Å²) in [4.78, 5) is 27.6. The summed E-state index contributed by atoms with van der Waals surface area (Å²) in [6.07, 6.45) is 3.58. The zero-order valence-corrected chi connectivity index (χ0v) is 26.1. The summed E-state index contributed by atoms with van der Waals surface area (Å²) < 4.78 is 11.5. The maximum absolute atomic E-state index is 12.7. The third kappa shape index (κ3) is 10.3. The van der Waals surface area contributed by atoms with Crippen molar-refractivity contribution >= 4 is 34.8 Å². The highest BCUT2D eigenvalue weighted by atomic mass is 35.5. The molecule has 236 valence electrons. The van der Waals surface area contributed by atoms with Crippen molar-refractivity contribution in [2.45, 2.75) is 44.8 Å². The number of nitrogens with one attached hydrogen (secondary N) is 3. The highest BCUT2D eigenvalue weighted by Gasteiger charge is 2.21. The van der Waals surface area contributed by atoms with Crippen molar-refractivity contribution < 1.29 is 24.2 Å². The number of unbranched alkanes of at least 4 members (excludes halogenated alkanes) is 1. The molecule has 0 unspecified atom stereocenters. The lowest BCUT2D eigenvalue weighted by atomic mass is 10.0. The van der Waals surface area contributed by atoms with Gasteiger partial charge in [-0.3, -0.25) is 9.59 Å². The molecule has 1 heterocycles. The van der Waals surface area contributed by atoms with E-state index in [0.29, 0.717) is 36.0 Å². The van der Waals surface area contributed by atoms with Gasteiger partial charge in [0.25, 0.3) is 0 Å². The van der Waals surface area contributed by atoms with E-state index < -0.39 is 0 Å². The van der Waals surface area contributed by atoms with Crippen LogP contribution in [0.2, 0.25) is 5.02 Å². The Bertz CT molecular complexity index is 1350. The van der Waals surface area contributed by atoms with Crippen LogP contribution in [-0.2, 0) is 20.9 Å². The van der Waals surface area contributed by atoms with E-state index in [1.807, 2.05) is 60.7 Å². The van der Waals surface area contributed by atoms with Crippen LogP contribution in [0.4, 0.5) is 11.4 Å². The van der Waals surface area contributed by atoms with E-state index >= 15 is 0 Å². The molecule has 0 aromatic heterocycles. The number of likely N-dealkylation sites (tertiary alicyclic amines) is 1. The number of ether oxygens (including phenoxy) is 2. The van der Waals surface area contributed by atoms with E-state index in [2.05, 4.69) is 20.9 Å². The molecule has 9 nitrogen and oxygen atoms in total. The Hall–Kier alpha value is -3.47. The molecule has 1 aliphatic rings. The number of methoxy groups -OCH3 is 1. The Morgan fingerprint density at radius 2 is 1.68 bits per heavy atom. The van der Waals surface area contributed by atoms with Gasteiger partial charge in [0.05, 0.1) is 23.9 Å². The number of carbonyl (C=O) groups is 2. The van der Waals surface area contributed by atoms with Crippen LogP contribution in [0.3, 0.4) is 0 Å². The predicted molar refractivity (Wildman–Crippen MR) is 175 cm³/mol. The maximum atomic E-state index is 12.7. The molecule has 3 aromatic rings. The number of amides is 2. The molecule has 0 saturated carbocycles. The molecular weight excluding hydrogens is 580 g/mol. The van der Waals surface area contributed by atoms with Gasteiger partial charge >= 0.3 is 0 Å². The topological polar surface area (TPSA) is 112 Å². The number of aliphatic hydroxyl groups excluding tert-OH is 1. The number of anilines is 2. The van der Waals surface area contributed by atoms with E-state index in [1.54, 1.807) is 13.2 Å². The highest BCUT2D eigenvalue weighted by Crippen LogP contribution is 2.31. The summed E-state index contributed by atoms with van der Waals surface area (Å²) >= 11 is 6.48. The van der Waals surface area contributed by atoms with Crippen molar-refractivity contribution in [1.82, 2.24) is 10.2 Å². The van der Waals surface area contributed by atoms with Gasteiger partial charge in [-0.1, -0.05) is 60.1 Å². The minimum absolute atomic E-state index is 0.00101. The molecule has 0 spiro atoms. The number of hydrogen-bond donors (Lipinski definition) is 4. The molecule has 10 heteroatoms. The molecule has 1 saturated heterocycles. The molecule has 0 atom stereocenters. The second-order valence-corrected chi connectivity index (χ2v) is 11.3. The van der Waals surface area contributed by atoms with Gasteiger partial charge in [0.2, 0.25) is 11.8 Å². The molecule has 3 aromatic carbocycles. The average Bonchev–Trinajstić information content (AvgIpc) is 3.05. The summed E-state index contributed by atoms with van der Waals surface area (Å²) in [6.45, 7) is 3.76.